The Morgan fingerprint density at radius 1 is 1.27 bits per heavy atom. The Morgan fingerprint density at radius 2 is 2.09 bits per heavy atom. The SMILES string of the molecule is Cc1ccc(C2CCCN2C(=O)OCc2ccccc2)cn1. The minimum Gasteiger partial charge on any atom is -0.445 e. The molecule has 1 aliphatic rings. The first kappa shape index (κ1) is 14.6. The topological polar surface area (TPSA) is 42.4 Å². The van der Waals surface area contributed by atoms with Gasteiger partial charge in [0.25, 0.3) is 0 Å². The second-order valence-corrected chi connectivity index (χ2v) is 5.62. The van der Waals surface area contributed by atoms with Crippen molar-refractivity contribution in [2.45, 2.75) is 32.4 Å². The Kier molecular flexibility index (Phi) is 4.37. The lowest BCUT2D eigenvalue weighted by Crippen LogP contribution is -2.31. The molecule has 1 aliphatic heterocycles. The molecule has 1 aromatic heterocycles. The van der Waals surface area contributed by atoms with Gasteiger partial charge in [0.2, 0.25) is 0 Å². The Morgan fingerprint density at radius 3 is 2.82 bits per heavy atom. The van der Waals surface area contributed by atoms with Crippen LogP contribution in [0.5, 0.6) is 0 Å². The molecule has 1 fully saturated rings. The lowest BCUT2D eigenvalue weighted by Gasteiger charge is -2.24. The van der Waals surface area contributed by atoms with Crippen molar-refractivity contribution in [3.05, 3.63) is 65.5 Å². The van der Waals surface area contributed by atoms with E-state index in [1.807, 2.05) is 54.4 Å². The summed E-state index contributed by atoms with van der Waals surface area (Å²) in [7, 11) is 0. The van der Waals surface area contributed by atoms with Crippen LogP contribution in [0.15, 0.2) is 48.7 Å². The van der Waals surface area contributed by atoms with E-state index in [1.165, 1.54) is 0 Å². The third kappa shape index (κ3) is 3.27. The lowest BCUT2D eigenvalue weighted by molar-refractivity contribution is 0.0920. The van der Waals surface area contributed by atoms with E-state index in [9.17, 15) is 4.79 Å². The maximum Gasteiger partial charge on any atom is 0.410 e. The molecule has 1 amide bonds. The zero-order valence-corrected chi connectivity index (χ0v) is 12.7. The molecule has 0 aliphatic carbocycles. The minimum absolute atomic E-state index is 0.0800. The van der Waals surface area contributed by atoms with E-state index in [2.05, 4.69) is 11.1 Å². The van der Waals surface area contributed by atoms with E-state index in [4.69, 9.17) is 4.74 Å². The van der Waals surface area contributed by atoms with Crippen LogP contribution in [0.2, 0.25) is 0 Å². The summed E-state index contributed by atoms with van der Waals surface area (Å²) in [4.78, 5) is 18.5. The van der Waals surface area contributed by atoms with Crippen molar-refractivity contribution in [2.24, 2.45) is 0 Å². The van der Waals surface area contributed by atoms with Crippen molar-refractivity contribution in [3.8, 4) is 0 Å². The van der Waals surface area contributed by atoms with E-state index in [0.717, 1.165) is 36.2 Å². The van der Waals surface area contributed by atoms with Crippen LogP contribution in [-0.2, 0) is 11.3 Å². The molecular weight excluding hydrogens is 276 g/mol. The van der Waals surface area contributed by atoms with Crippen LogP contribution in [0.1, 0.15) is 35.7 Å². The number of pyridine rings is 1. The average Bonchev–Trinajstić information content (AvgIpc) is 3.04. The fraction of sp³-hybridized carbons (Fsp3) is 0.333. The predicted octanol–water partition coefficient (Wildman–Crippen LogP) is 3.86. The summed E-state index contributed by atoms with van der Waals surface area (Å²) in [6.45, 7) is 3.02. The van der Waals surface area contributed by atoms with Gasteiger partial charge in [0.1, 0.15) is 6.61 Å². The van der Waals surface area contributed by atoms with Crippen LogP contribution in [0.3, 0.4) is 0 Å². The van der Waals surface area contributed by atoms with Crippen molar-refractivity contribution in [1.29, 1.82) is 0 Å². The lowest BCUT2D eigenvalue weighted by atomic mass is 10.1. The van der Waals surface area contributed by atoms with Gasteiger partial charge >= 0.3 is 6.09 Å². The van der Waals surface area contributed by atoms with Gasteiger partial charge in [0.15, 0.2) is 0 Å². The first-order chi connectivity index (χ1) is 10.7. The van der Waals surface area contributed by atoms with Gasteiger partial charge in [-0.15, -0.1) is 0 Å². The zero-order valence-electron chi connectivity index (χ0n) is 12.7. The fourth-order valence-electron chi connectivity index (χ4n) is 2.81. The number of amides is 1. The monoisotopic (exact) mass is 296 g/mol. The number of carbonyl (C=O) groups excluding carboxylic acids is 1. The molecule has 0 bridgehead atoms. The van der Waals surface area contributed by atoms with Crippen LogP contribution in [0, 0.1) is 6.92 Å². The molecule has 114 valence electrons. The summed E-state index contributed by atoms with van der Waals surface area (Å²) in [6.07, 6.45) is 3.58. The van der Waals surface area contributed by atoms with Gasteiger partial charge in [-0.05, 0) is 37.0 Å². The van der Waals surface area contributed by atoms with Gasteiger partial charge in [-0.1, -0.05) is 36.4 Å². The summed E-state index contributed by atoms with van der Waals surface area (Å²) in [5, 5.41) is 0. The second-order valence-electron chi connectivity index (χ2n) is 5.62. The van der Waals surface area contributed by atoms with Crippen LogP contribution in [0.4, 0.5) is 4.79 Å². The van der Waals surface area contributed by atoms with E-state index in [1.54, 1.807) is 0 Å². The van der Waals surface area contributed by atoms with Crippen LogP contribution in [0.25, 0.3) is 0 Å². The number of benzene rings is 1. The third-order valence-electron chi connectivity index (χ3n) is 4.01. The molecule has 2 heterocycles. The van der Waals surface area contributed by atoms with Crippen molar-refractivity contribution >= 4 is 6.09 Å². The number of carbonyl (C=O) groups is 1. The van der Waals surface area contributed by atoms with E-state index in [0.29, 0.717) is 6.61 Å². The molecule has 4 nitrogen and oxygen atoms in total. The molecule has 0 N–H and O–H groups in total. The number of ether oxygens (including phenoxy) is 1. The largest absolute Gasteiger partial charge is 0.445 e. The second kappa shape index (κ2) is 6.60. The summed E-state index contributed by atoms with van der Waals surface area (Å²) < 4.78 is 5.45. The van der Waals surface area contributed by atoms with Crippen LogP contribution >= 0.6 is 0 Å². The molecule has 1 atom stereocenters. The van der Waals surface area contributed by atoms with Gasteiger partial charge < -0.3 is 9.64 Å². The van der Waals surface area contributed by atoms with Crippen LogP contribution < -0.4 is 0 Å². The maximum atomic E-state index is 12.4. The maximum absolute atomic E-state index is 12.4. The number of aromatic nitrogens is 1. The highest BCUT2D eigenvalue weighted by Gasteiger charge is 2.31. The van der Waals surface area contributed by atoms with Gasteiger partial charge in [0.05, 0.1) is 6.04 Å². The standard InChI is InChI=1S/C18H20N2O2/c1-14-9-10-16(12-19-14)17-8-5-11-20(17)18(21)22-13-15-6-3-2-4-7-15/h2-4,6-7,9-10,12,17H,5,8,11,13H2,1H3. The average molecular weight is 296 g/mol. The number of hydrogen-bond donors (Lipinski definition) is 0. The van der Waals surface area contributed by atoms with Crippen molar-refractivity contribution in [2.75, 3.05) is 6.54 Å². The number of aryl methyl sites for hydroxylation is 1. The van der Waals surface area contributed by atoms with Crippen molar-refractivity contribution < 1.29 is 9.53 Å². The highest BCUT2D eigenvalue weighted by molar-refractivity contribution is 5.68. The van der Waals surface area contributed by atoms with Crippen molar-refractivity contribution in [1.82, 2.24) is 9.88 Å². The number of likely N-dealkylation sites (tertiary alicyclic amines) is 1. The molecule has 1 unspecified atom stereocenters. The molecule has 1 saturated heterocycles. The third-order valence-corrected chi connectivity index (χ3v) is 4.01. The Labute approximate surface area is 130 Å². The van der Waals surface area contributed by atoms with Crippen molar-refractivity contribution in [3.63, 3.8) is 0 Å². The van der Waals surface area contributed by atoms with Gasteiger partial charge in [0, 0.05) is 18.4 Å². The molecule has 0 saturated carbocycles. The number of hydrogen-bond acceptors (Lipinski definition) is 3. The number of nitrogens with zero attached hydrogens (tertiary/aromatic N) is 2. The summed E-state index contributed by atoms with van der Waals surface area (Å²) in [6, 6.07) is 13.9. The smallest absolute Gasteiger partial charge is 0.410 e. The predicted molar refractivity (Wildman–Crippen MR) is 84.3 cm³/mol. The molecular formula is C18H20N2O2. The van der Waals surface area contributed by atoms with Gasteiger partial charge in [-0.3, -0.25) is 4.98 Å². The molecule has 22 heavy (non-hydrogen) atoms. The first-order valence-corrected chi connectivity index (χ1v) is 7.64. The molecule has 3 rings (SSSR count). The zero-order chi connectivity index (χ0) is 15.4. The number of rotatable bonds is 3. The fourth-order valence-corrected chi connectivity index (χ4v) is 2.81. The van der Waals surface area contributed by atoms with E-state index >= 15 is 0 Å². The molecule has 1 aromatic carbocycles. The Balaban J connectivity index is 1.65. The Hall–Kier alpha value is -2.36. The normalized spacial score (nSPS) is 17.5. The summed E-state index contributed by atoms with van der Waals surface area (Å²) in [5.74, 6) is 0. The quantitative estimate of drug-likeness (QED) is 0.863. The molecule has 0 radical (unpaired) electrons. The summed E-state index contributed by atoms with van der Waals surface area (Å²) in [5.41, 5.74) is 3.07. The van der Waals surface area contributed by atoms with Crippen LogP contribution in [-0.4, -0.2) is 22.5 Å². The van der Waals surface area contributed by atoms with Gasteiger partial charge in [-0.25, -0.2) is 4.79 Å². The van der Waals surface area contributed by atoms with Gasteiger partial charge in [-0.2, -0.15) is 0 Å². The molecule has 2 aromatic rings. The highest BCUT2D eigenvalue weighted by atomic mass is 16.6. The Bertz CT molecular complexity index is 625. The highest BCUT2D eigenvalue weighted by Crippen LogP contribution is 2.32. The summed E-state index contributed by atoms with van der Waals surface area (Å²) >= 11 is 0. The van der Waals surface area contributed by atoms with E-state index in [-0.39, 0.29) is 12.1 Å². The molecule has 4 heteroatoms. The minimum atomic E-state index is -0.244. The first-order valence-electron chi connectivity index (χ1n) is 7.64. The molecule has 0 spiro atoms. The van der Waals surface area contributed by atoms with E-state index < -0.39 is 0 Å².